The van der Waals surface area contributed by atoms with Crippen LogP contribution in [0.4, 0.5) is 4.39 Å². The zero-order chi connectivity index (χ0) is 20.9. The van der Waals surface area contributed by atoms with Crippen LogP contribution in [-0.4, -0.2) is 19.6 Å². The lowest BCUT2D eigenvalue weighted by atomic mass is 9.97. The molecule has 0 fully saturated rings. The average molecular weight is 404 g/mol. The number of hydrogen-bond acceptors (Lipinski definition) is 3. The zero-order valence-electron chi connectivity index (χ0n) is 17.1. The second-order valence-corrected chi connectivity index (χ2v) is 7.50. The molecular formula is C26H25FO3. The number of hydrogen-bond donors (Lipinski definition) is 0. The van der Waals surface area contributed by atoms with Gasteiger partial charge in [0, 0.05) is 6.07 Å². The zero-order valence-corrected chi connectivity index (χ0v) is 17.1. The van der Waals surface area contributed by atoms with Gasteiger partial charge in [-0.25, -0.2) is 4.39 Å². The molecule has 0 heterocycles. The highest BCUT2D eigenvalue weighted by Crippen LogP contribution is 2.39. The van der Waals surface area contributed by atoms with Crippen molar-refractivity contribution in [3.05, 3.63) is 82.4 Å². The van der Waals surface area contributed by atoms with E-state index in [1.165, 1.54) is 16.7 Å². The Morgan fingerprint density at radius 3 is 2.53 bits per heavy atom. The van der Waals surface area contributed by atoms with Crippen LogP contribution in [0.3, 0.4) is 0 Å². The first kappa shape index (κ1) is 20.1. The van der Waals surface area contributed by atoms with Gasteiger partial charge in [-0.3, -0.25) is 4.79 Å². The summed E-state index contributed by atoms with van der Waals surface area (Å²) in [6.45, 7) is 1.85. The number of halogens is 1. The molecule has 3 aromatic carbocycles. The fourth-order valence-electron chi connectivity index (χ4n) is 4.20. The lowest BCUT2D eigenvalue weighted by molar-refractivity contribution is 0.111. The van der Waals surface area contributed by atoms with Crippen LogP contribution in [0.1, 0.15) is 39.0 Å². The first-order valence-electron chi connectivity index (χ1n) is 10.3. The van der Waals surface area contributed by atoms with E-state index in [-0.39, 0.29) is 6.61 Å². The third-order valence-electron chi connectivity index (χ3n) is 5.73. The molecule has 4 rings (SSSR count). The molecule has 30 heavy (non-hydrogen) atoms. The second-order valence-electron chi connectivity index (χ2n) is 7.50. The van der Waals surface area contributed by atoms with E-state index in [1.807, 2.05) is 24.3 Å². The molecule has 0 atom stereocenters. The SMILES string of the molecule is Cc1c(COc2cc(OCCF)c(C=O)c3c2CCC3)cccc1-c1ccccc1. The predicted octanol–water partition coefficient (Wildman–Crippen LogP) is 5.89. The molecule has 0 aliphatic heterocycles. The summed E-state index contributed by atoms with van der Waals surface area (Å²) < 4.78 is 24.4. The maximum atomic E-state index is 12.6. The van der Waals surface area contributed by atoms with Gasteiger partial charge in [0.05, 0.1) is 5.56 Å². The third-order valence-corrected chi connectivity index (χ3v) is 5.73. The summed E-state index contributed by atoms with van der Waals surface area (Å²) in [6, 6.07) is 18.3. The lowest BCUT2D eigenvalue weighted by Gasteiger charge is -2.18. The Morgan fingerprint density at radius 2 is 1.77 bits per heavy atom. The summed E-state index contributed by atoms with van der Waals surface area (Å²) in [5.74, 6) is 1.14. The van der Waals surface area contributed by atoms with Crippen LogP contribution in [0.2, 0.25) is 0 Å². The minimum Gasteiger partial charge on any atom is -0.490 e. The Morgan fingerprint density at radius 1 is 0.967 bits per heavy atom. The fraction of sp³-hybridized carbons (Fsp3) is 0.269. The minimum atomic E-state index is -0.600. The topological polar surface area (TPSA) is 35.5 Å². The van der Waals surface area contributed by atoms with Crippen LogP contribution in [0.5, 0.6) is 11.5 Å². The number of alkyl halides is 1. The molecule has 3 nitrogen and oxygen atoms in total. The molecule has 4 heteroatoms. The Labute approximate surface area is 176 Å². The van der Waals surface area contributed by atoms with Gasteiger partial charge < -0.3 is 9.47 Å². The van der Waals surface area contributed by atoms with Crippen LogP contribution in [0, 0.1) is 6.92 Å². The van der Waals surface area contributed by atoms with Gasteiger partial charge in [-0.15, -0.1) is 0 Å². The van der Waals surface area contributed by atoms with Crippen LogP contribution >= 0.6 is 0 Å². The van der Waals surface area contributed by atoms with E-state index in [0.717, 1.165) is 48.0 Å². The van der Waals surface area contributed by atoms with Gasteiger partial charge in [0.25, 0.3) is 0 Å². The fourth-order valence-corrected chi connectivity index (χ4v) is 4.20. The van der Waals surface area contributed by atoms with E-state index in [4.69, 9.17) is 9.47 Å². The van der Waals surface area contributed by atoms with Crippen molar-refractivity contribution in [1.82, 2.24) is 0 Å². The second kappa shape index (κ2) is 9.12. The molecule has 0 aromatic heterocycles. The summed E-state index contributed by atoms with van der Waals surface area (Å²) in [5.41, 5.74) is 7.23. The monoisotopic (exact) mass is 404 g/mol. The normalized spacial score (nSPS) is 12.5. The molecule has 0 spiro atoms. The molecule has 0 amide bonds. The van der Waals surface area contributed by atoms with E-state index in [2.05, 4.69) is 31.2 Å². The first-order chi connectivity index (χ1) is 14.7. The van der Waals surface area contributed by atoms with Gasteiger partial charge in [-0.1, -0.05) is 48.5 Å². The molecular weight excluding hydrogens is 379 g/mol. The van der Waals surface area contributed by atoms with Crippen molar-refractivity contribution in [2.24, 2.45) is 0 Å². The maximum Gasteiger partial charge on any atom is 0.154 e. The number of fused-ring (bicyclic) bond motifs is 1. The Kier molecular flexibility index (Phi) is 6.12. The number of ether oxygens (including phenoxy) is 2. The molecule has 0 unspecified atom stereocenters. The largest absolute Gasteiger partial charge is 0.490 e. The molecule has 3 aromatic rings. The molecule has 1 aliphatic rings. The quantitative estimate of drug-likeness (QED) is 0.439. The van der Waals surface area contributed by atoms with Gasteiger partial charge in [0.1, 0.15) is 31.4 Å². The highest BCUT2D eigenvalue weighted by molar-refractivity contribution is 5.84. The smallest absolute Gasteiger partial charge is 0.154 e. The van der Waals surface area contributed by atoms with Crippen molar-refractivity contribution in [3.63, 3.8) is 0 Å². The van der Waals surface area contributed by atoms with E-state index < -0.39 is 6.67 Å². The highest BCUT2D eigenvalue weighted by atomic mass is 19.1. The van der Waals surface area contributed by atoms with Crippen molar-refractivity contribution in [1.29, 1.82) is 0 Å². The van der Waals surface area contributed by atoms with Crippen molar-refractivity contribution in [2.45, 2.75) is 32.8 Å². The number of carbonyl (C=O) groups is 1. The molecule has 0 radical (unpaired) electrons. The predicted molar refractivity (Wildman–Crippen MR) is 116 cm³/mol. The number of carbonyl (C=O) groups excluding carboxylic acids is 1. The molecule has 1 aliphatic carbocycles. The number of rotatable bonds is 8. The number of benzene rings is 3. The maximum absolute atomic E-state index is 12.6. The van der Waals surface area contributed by atoms with Crippen molar-refractivity contribution in [2.75, 3.05) is 13.3 Å². The van der Waals surface area contributed by atoms with Gasteiger partial charge in [0.2, 0.25) is 0 Å². The van der Waals surface area contributed by atoms with Crippen molar-refractivity contribution >= 4 is 6.29 Å². The standard InChI is InChI=1S/C26H25FO3/c1-18-20(9-5-10-21(18)19-7-3-2-4-8-19)17-30-25-15-26(29-14-13-27)24(16-28)22-11-6-12-23(22)25/h2-5,7-10,15-16H,6,11-14,17H2,1H3. The van der Waals surface area contributed by atoms with E-state index in [0.29, 0.717) is 17.9 Å². The van der Waals surface area contributed by atoms with Crippen molar-refractivity contribution in [3.8, 4) is 22.6 Å². The van der Waals surface area contributed by atoms with Gasteiger partial charge in [-0.05, 0) is 59.6 Å². The van der Waals surface area contributed by atoms with Crippen LogP contribution in [0.25, 0.3) is 11.1 Å². The van der Waals surface area contributed by atoms with E-state index >= 15 is 0 Å². The summed E-state index contributed by atoms with van der Waals surface area (Å²) >= 11 is 0. The highest BCUT2D eigenvalue weighted by Gasteiger charge is 2.23. The van der Waals surface area contributed by atoms with Crippen LogP contribution < -0.4 is 9.47 Å². The molecule has 154 valence electrons. The Balaban J connectivity index is 1.63. The van der Waals surface area contributed by atoms with Gasteiger partial charge >= 0.3 is 0 Å². The van der Waals surface area contributed by atoms with E-state index in [9.17, 15) is 9.18 Å². The van der Waals surface area contributed by atoms with Crippen LogP contribution in [-0.2, 0) is 19.4 Å². The summed E-state index contributed by atoms with van der Waals surface area (Å²) in [7, 11) is 0. The molecule has 0 saturated heterocycles. The third kappa shape index (κ3) is 3.95. The molecule has 0 N–H and O–H groups in total. The minimum absolute atomic E-state index is 0.0721. The molecule has 0 bridgehead atoms. The van der Waals surface area contributed by atoms with Crippen LogP contribution in [0.15, 0.2) is 54.6 Å². The van der Waals surface area contributed by atoms with Gasteiger partial charge in [0.15, 0.2) is 6.29 Å². The molecule has 0 saturated carbocycles. The average Bonchev–Trinajstić information content (AvgIpc) is 3.27. The summed E-state index contributed by atoms with van der Waals surface area (Å²) in [4.78, 5) is 11.6. The number of aldehydes is 1. The Hall–Kier alpha value is -3.14. The van der Waals surface area contributed by atoms with Crippen molar-refractivity contribution < 1.29 is 18.7 Å². The first-order valence-corrected chi connectivity index (χ1v) is 10.3. The lowest BCUT2D eigenvalue weighted by Crippen LogP contribution is -2.07. The Bertz CT molecular complexity index is 1040. The summed E-state index contributed by atoms with van der Waals surface area (Å²) in [5, 5.41) is 0. The van der Waals surface area contributed by atoms with Gasteiger partial charge in [-0.2, -0.15) is 0 Å². The van der Waals surface area contributed by atoms with E-state index in [1.54, 1.807) is 6.07 Å². The summed E-state index contributed by atoms with van der Waals surface area (Å²) in [6.07, 6.45) is 3.48.